The number of carbonyl (C=O) groups excluding carboxylic acids is 2. The van der Waals surface area contributed by atoms with Crippen molar-refractivity contribution in [2.75, 3.05) is 6.61 Å². The second-order valence-corrected chi connectivity index (χ2v) is 6.98. The molecule has 0 fully saturated rings. The van der Waals surface area contributed by atoms with Crippen molar-refractivity contribution in [3.05, 3.63) is 22.7 Å². The molecule has 0 spiro atoms. The van der Waals surface area contributed by atoms with Crippen molar-refractivity contribution in [1.82, 2.24) is 15.5 Å². The normalized spacial score (nSPS) is 13.0. The number of hydrogen-bond donors (Lipinski definition) is 1. The number of nitriles is 1. The van der Waals surface area contributed by atoms with Gasteiger partial charge in [0.25, 0.3) is 5.91 Å². The summed E-state index contributed by atoms with van der Waals surface area (Å²) >= 11 is 1.52. The van der Waals surface area contributed by atoms with Crippen LogP contribution >= 0.6 is 11.3 Å². The Morgan fingerprint density at radius 1 is 1.50 bits per heavy atom. The lowest BCUT2D eigenvalue weighted by atomic mass is 9.90. The van der Waals surface area contributed by atoms with Crippen LogP contribution in [-0.2, 0) is 20.7 Å². The average Bonchev–Trinajstić information content (AvgIpc) is 3.28. The Balaban J connectivity index is 1.76. The smallest absolute Gasteiger partial charge is 0.306 e. The van der Waals surface area contributed by atoms with Crippen LogP contribution in [0.1, 0.15) is 33.1 Å². The molecule has 1 N–H and O–H groups in total. The van der Waals surface area contributed by atoms with Crippen molar-refractivity contribution >= 4 is 23.2 Å². The lowest BCUT2D eigenvalue weighted by Crippen LogP contribution is -2.50. The SMILES string of the molecule is CC(C)[C@@](C)(C#N)NC(=O)COC(=O)CCc1nc(-c2ccsc2)no1. The van der Waals surface area contributed by atoms with E-state index in [1.54, 1.807) is 6.92 Å². The zero-order valence-corrected chi connectivity index (χ0v) is 15.6. The summed E-state index contributed by atoms with van der Waals surface area (Å²) in [6.45, 7) is 4.83. The highest BCUT2D eigenvalue weighted by Gasteiger charge is 2.30. The molecule has 1 atom stereocenters. The van der Waals surface area contributed by atoms with Gasteiger partial charge in [-0.1, -0.05) is 19.0 Å². The van der Waals surface area contributed by atoms with Crippen LogP contribution in [0.5, 0.6) is 0 Å². The molecule has 0 saturated carbocycles. The number of thiophene rings is 1. The number of amides is 1. The molecular formula is C17H20N4O4S. The van der Waals surface area contributed by atoms with Gasteiger partial charge in [0.2, 0.25) is 11.7 Å². The highest BCUT2D eigenvalue weighted by atomic mass is 32.1. The Labute approximate surface area is 155 Å². The van der Waals surface area contributed by atoms with E-state index in [2.05, 4.69) is 21.5 Å². The summed E-state index contributed by atoms with van der Waals surface area (Å²) in [6, 6.07) is 3.93. The van der Waals surface area contributed by atoms with Crippen LogP contribution in [0, 0.1) is 17.2 Å². The second-order valence-electron chi connectivity index (χ2n) is 6.20. The van der Waals surface area contributed by atoms with Gasteiger partial charge >= 0.3 is 5.97 Å². The van der Waals surface area contributed by atoms with Crippen molar-refractivity contribution in [2.45, 2.75) is 39.2 Å². The summed E-state index contributed by atoms with van der Waals surface area (Å²) in [5.74, 6) is -0.364. The molecule has 0 aliphatic heterocycles. The van der Waals surface area contributed by atoms with Crippen LogP contribution in [0.2, 0.25) is 0 Å². The zero-order valence-electron chi connectivity index (χ0n) is 14.8. The van der Waals surface area contributed by atoms with Crippen molar-refractivity contribution in [3.63, 3.8) is 0 Å². The Bertz CT molecular complexity index is 794. The third-order valence-corrected chi connectivity index (χ3v) is 4.62. The van der Waals surface area contributed by atoms with E-state index in [0.29, 0.717) is 11.7 Å². The third kappa shape index (κ3) is 5.13. The van der Waals surface area contributed by atoms with Gasteiger partial charge in [-0.05, 0) is 24.3 Å². The first-order valence-corrected chi connectivity index (χ1v) is 9.01. The molecule has 2 aromatic heterocycles. The molecule has 2 heterocycles. The number of ether oxygens (including phenoxy) is 1. The fraction of sp³-hybridized carbons (Fsp3) is 0.471. The summed E-state index contributed by atoms with van der Waals surface area (Å²) in [5.41, 5.74) is -0.152. The van der Waals surface area contributed by atoms with Gasteiger partial charge in [0.1, 0.15) is 5.54 Å². The van der Waals surface area contributed by atoms with Crippen LogP contribution < -0.4 is 5.32 Å². The van der Waals surface area contributed by atoms with E-state index >= 15 is 0 Å². The maximum absolute atomic E-state index is 11.9. The molecule has 1 amide bonds. The molecule has 2 aromatic rings. The first-order valence-electron chi connectivity index (χ1n) is 8.07. The highest BCUT2D eigenvalue weighted by molar-refractivity contribution is 7.08. The summed E-state index contributed by atoms with van der Waals surface area (Å²) in [5, 5.41) is 19.4. The van der Waals surface area contributed by atoms with Gasteiger partial charge < -0.3 is 14.6 Å². The third-order valence-electron chi connectivity index (χ3n) is 3.94. The topological polar surface area (TPSA) is 118 Å². The molecule has 26 heavy (non-hydrogen) atoms. The number of aryl methyl sites for hydroxylation is 1. The van der Waals surface area contributed by atoms with Gasteiger partial charge in [0.05, 0.1) is 12.5 Å². The summed E-state index contributed by atoms with van der Waals surface area (Å²) in [6.07, 6.45) is 0.234. The Morgan fingerprint density at radius 2 is 2.27 bits per heavy atom. The van der Waals surface area contributed by atoms with Crippen molar-refractivity contribution in [3.8, 4) is 17.5 Å². The van der Waals surface area contributed by atoms with Crippen molar-refractivity contribution < 1.29 is 18.8 Å². The average molecular weight is 376 g/mol. The predicted molar refractivity (Wildman–Crippen MR) is 93.9 cm³/mol. The molecule has 138 valence electrons. The first-order chi connectivity index (χ1) is 12.3. The molecule has 0 radical (unpaired) electrons. The standard InChI is InChI=1S/C17H20N4O4S/c1-11(2)17(3,10-18)20-13(22)8-24-15(23)5-4-14-19-16(21-25-14)12-6-7-26-9-12/h6-7,9,11H,4-5,8H2,1-3H3,(H,20,22)/t17-/m1/s1. The predicted octanol–water partition coefficient (Wildman–Crippen LogP) is 2.33. The Morgan fingerprint density at radius 3 is 2.88 bits per heavy atom. The maximum Gasteiger partial charge on any atom is 0.306 e. The summed E-state index contributed by atoms with van der Waals surface area (Å²) in [7, 11) is 0. The minimum Gasteiger partial charge on any atom is -0.456 e. The van der Waals surface area contributed by atoms with E-state index in [-0.39, 0.29) is 18.8 Å². The lowest BCUT2D eigenvalue weighted by molar-refractivity contribution is -0.149. The molecule has 0 bridgehead atoms. The fourth-order valence-electron chi connectivity index (χ4n) is 1.92. The van der Waals surface area contributed by atoms with Crippen molar-refractivity contribution in [2.24, 2.45) is 5.92 Å². The van der Waals surface area contributed by atoms with E-state index < -0.39 is 24.0 Å². The van der Waals surface area contributed by atoms with Gasteiger partial charge in [-0.3, -0.25) is 9.59 Å². The van der Waals surface area contributed by atoms with Gasteiger partial charge in [0.15, 0.2) is 6.61 Å². The number of nitrogens with zero attached hydrogens (tertiary/aromatic N) is 3. The van der Waals surface area contributed by atoms with E-state index in [9.17, 15) is 9.59 Å². The molecule has 2 rings (SSSR count). The Kier molecular flexibility index (Phi) is 6.46. The minimum absolute atomic E-state index is 0.0122. The molecule has 9 heteroatoms. The number of carbonyl (C=O) groups is 2. The Hall–Kier alpha value is -2.73. The largest absolute Gasteiger partial charge is 0.456 e. The van der Waals surface area contributed by atoms with Crippen LogP contribution in [0.15, 0.2) is 21.3 Å². The van der Waals surface area contributed by atoms with Crippen LogP contribution in [-0.4, -0.2) is 34.2 Å². The number of esters is 1. The lowest BCUT2D eigenvalue weighted by Gasteiger charge is -2.27. The van der Waals surface area contributed by atoms with Crippen LogP contribution in [0.25, 0.3) is 11.4 Å². The zero-order chi connectivity index (χ0) is 19.2. The van der Waals surface area contributed by atoms with Gasteiger partial charge in [0, 0.05) is 17.4 Å². The quantitative estimate of drug-likeness (QED) is 0.702. The molecule has 0 saturated heterocycles. The van der Waals surface area contributed by atoms with E-state index in [1.807, 2.05) is 30.7 Å². The molecule has 8 nitrogen and oxygen atoms in total. The second kappa shape index (κ2) is 8.58. The fourth-order valence-corrected chi connectivity index (χ4v) is 2.55. The van der Waals surface area contributed by atoms with E-state index in [1.165, 1.54) is 11.3 Å². The van der Waals surface area contributed by atoms with E-state index in [4.69, 9.17) is 14.5 Å². The molecular weight excluding hydrogens is 356 g/mol. The van der Waals surface area contributed by atoms with Gasteiger partial charge in [-0.15, -0.1) is 0 Å². The maximum atomic E-state index is 11.9. The number of aromatic nitrogens is 2. The van der Waals surface area contributed by atoms with Gasteiger partial charge in [-0.25, -0.2) is 0 Å². The number of hydrogen-bond acceptors (Lipinski definition) is 8. The number of nitrogens with one attached hydrogen (secondary N) is 1. The molecule has 0 aliphatic carbocycles. The highest BCUT2D eigenvalue weighted by Crippen LogP contribution is 2.19. The van der Waals surface area contributed by atoms with Crippen LogP contribution in [0.3, 0.4) is 0 Å². The minimum atomic E-state index is -1.01. The van der Waals surface area contributed by atoms with Gasteiger partial charge in [-0.2, -0.15) is 21.6 Å². The van der Waals surface area contributed by atoms with Crippen LogP contribution in [0.4, 0.5) is 0 Å². The van der Waals surface area contributed by atoms with Crippen molar-refractivity contribution in [1.29, 1.82) is 5.26 Å². The molecule has 0 unspecified atom stereocenters. The van der Waals surface area contributed by atoms with E-state index in [0.717, 1.165) is 5.56 Å². The first kappa shape index (κ1) is 19.6. The number of rotatable bonds is 8. The molecule has 0 aliphatic rings. The molecule has 0 aromatic carbocycles. The summed E-state index contributed by atoms with van der Waals surface area (Å²) < 4.78 is 10.0. The monoisotopic (exact) mass is 376 g/mol. The summed E-state index contributed by atoms with van der Waals surface area (Å²) in [4.78, 5) is 27.8.